The quantitative estimate of drug-likeness (QED) is 0.339. The van der Waals surface area contributed by atoms with Gasteiger partial charge in [-0.15, -0.1) is 0 Å². The van der Waals surface area contributed by atoms with Crippen LogP contribution in [0.3, 0.4) is 0 Å². The summed E-state index contributed by atoms with van der Waals surface area (Å²) in [7, 11) is 0. The Morgan fingerprint density at radius 3 is 3.00 bits per heavy atom. The van der Waals surface area contributed by atoms with Gasteiger partial charge in [0.2, 0.25) is 0 Å². The number of hydrogen-bond acceptors (Lipinski definition) is 3. The minimum absolute atomic E-state index is 0.155. The molecule has 0 saturated carbocycles. The van der Waals surface area contributed by atoms with Gasteiger partial charge in [0.1, 0.15) is 0 Å². The molecule has 4 N–H and O–H groups in total. The zero-order valence-electron chi connectivity index (χ0n) is 8.44. The summed E-state index contributed by atoms with van der Waals surface area (Å²) in [5, 5.41) is 14.4. The van der Waals surface area contributed by atoms with Crippen LogP contribution in [0.2, 0.25) is 0 Å². The first kappa shape index (κ1) is 12.0. The molecule has 0 aromatic heterocycles. The van der Waals surface area contributed by atoms with Crippen molar-refractivity contribution in [1.29, 1.82) is 0 Å². The summed E-state index contributed by atoms with van der Waals surface area (Å²) in [6.07, 6.45) is 0. The van der Waals surface area contributed by atoms with Crippen molar-refractivity contribution in [3.63, 3.8) is 0 Å². The Balaban J connectivity index is 2.57. The van der Waals surface area contributed by atoms with E-state index in [-0.39, 0.29) is 11.9 Å². The van der Waals surface area contributed by atoms with Crippen molar-refractivity contribution in [2.75, 3.05) is 6.54 Å². The largest absolute Gasteiger partial charge is 0.409 e. The third-order valence-electron chi connectivity index (χ3n) is 2.07. The van der Waals surface area contributed by atoms with Crippen molar-refractivity contribution in [3.8, 4) is 0 Å². The lowest BCUT2D eigenvalue weighted by molar-refractivity contribution is 0.316. The van der Waals surface area contributed by atoms with E-state index in [1.165, 1.54) is 0 Å². The summed E-state index contributed by atoms with van der Waals surface area (Å²) in [6, 6.07) is 8.15. The minimum Gasteiger partial charge on any atom is -0.409 e. The number of benzene rings is 1. The van der Waals surface area contributed by atoms with Gasteiger partial charge in [-0.2, -0.15) is 0 Å². The normalized spacial score (nSPS) is 13.9. The second kappa shape index (κ2) is 5.72. The zero-order valence-corrected chi connectivity index (χ0v) is 10.0. The highest BCUT2D eigenvalue weighted by Crippen LogP contribution is 2.17. The van der Waals surface area contributed by atoms with Gasteiger partial charge in [-0.3, -0.25) is 0 Å². The molecule has 0 bridgehead atoms. The van der Waals surface area contributed by atoms with Crippen LogP contribution in [-0.2, 0) is 0 Å². The van der Waals surface area contributed by atoms with Gasteiger partial charge in [0.05, 0.1) is 6.54 Å². The summed E-state index contributed by atoms with van der Waals surface area (Å²) in [5.41, 5.74) is 6.51. The van der Waals surface area contributed by atoms with Crippen LogP contribution in [0, 0.1) is 0 Å². The van der Waals surface area contributed by atoms with Gasteiger partial charge in [0, 0.05) is 10.5 Å². The molecule has 0 amide bonds. The lowest BCUT2D eigenvalue weighted by atomic mass is 10.1. The van der Waals surface area contributed by atoms with E-state index in [0.717, 1.165) is 10.0 Å². The van der Waals surface area contributed by atoms with Gasteiger partial charge in [0.25, 0.3) is 0 Å². The van der Waals surface area contributed by atoms with E-state index in [4.69, 9.17) is 10.9 Å². The average Bonchev–Trinajstić information content (AvgIpc) is 2.25. The number of rotatable bonds is 4. The molecule has 1 atom stereocenters. The molecule has 1 aromatic rings. The van der Waals surface area contributed by atoms with E-state index in [1.807, 2.05) is 31.2 Å². The van der Waals surface area contributed by atoms with E-state index < -0.39 is 0 Å². The molecule has 0 aliphatic carbocycles. The Morgan fingerprint density at radius 2 is 2.40 bits per heavy atom. The number of halogens is 1. The smallest absolute Gasteiger partial charge is 0.153 e. The third kappa shape index (κ3) is 3.89. The molecule has 0 saturated heterocycles. The van der Waals surface area contributed by atoms with E-state index >= 15 is 0 Å². The Labute approximate surface area is 97.3 Å². The maximum Gasteiger partial charge on any atom is 0.153 e. The van der Waals surface area contributed by atoms with Gasteiger partial charge < -0.3 is 16.3 Å². The predicted octanol–water partition coefficient (Wildman–Crippen LogP) is 1.85. The van der Waals surface area contributed by atoms with Crippen molar-refractivity contribution in [3.05, 3.63) is 34.3 Å². The molecule has 0 spiro atoms. The summed E-state index contributed by atoms with van der Waals surface area (Å²) < 4.78 is 1.04. The van der Waals surface area contributed by atoms with Crippen LogP contribution < -0.4 is 11.1 Å². The van der Waals surface area contributed by atoms with E-state index in [1.54, 1.807) is 0 Å². The van der Waals surface area contributed by atoms with E-state index in [0.29, 0.717) is 6.54 Å². The van der Waals surface area contributed by atoms with Crippen LogP contribution in [0.1, 0.15) is 18.5 Å². The van der Waals surface area contributed by atoms with Crippen molar-refractivity contribution in [2.45, 2.75) is 13.0 Å². The first-order valence-electron chi connectivity index (χ1n) is 4.58. The number of nitrogens with zero attached hydrogens (tertiary/aromatic N) is 1. The molecule has 0 radical (unpaired) electrons. The van der Waals surface area contributed by atoms with Crippen LogP contribution in [-0.4, -0.2) is 17.6 Å². The molecule has 82 valence electrons. The predicted molar refractivity (Wildman–Crippen MR) is 64.0 cm³/mol. The number of oxime groups is 1. The van der Waals surface area contributed by atoms with Crippen LogP contribution in [0.25, 0.3) is 0 Å². The van der Waals surface area contributed by atoms with Crippen molar-refractivity contribution < 1.29 is 5.21 Å². The molecule has 5 heteroatoms. The Morgan fingerprint density at radius 1 is 1.67 bits per heavy atom. The highest BCUT2D eigenvalue weighted by atomic mass is 79.9. The van der Waals surface area contributed by atoms with Crippen molar-refractivity contribution >= 4 is 21.8 Å². The fraction of sp³-hybridized carbons (Fsp3) is 0.300. The molecule has 1 aromatic carbocycles. The molecule has 4 nitrogen and oxygen atoms in total. The Kier molecular flexibility index (Phi) is 4.58. The van der Waals surface area contributed by atoms with Gasteiger partial charge in [-0.25, -0.2) is 0 Å². The third-order valence-corrected chi connectivity index (χ3v) is 2.56. The highest BCUT2D eigenvalue weighted by Gasteiger charge is 2.05. The SMILES string of the molecule is C[C@H](NC/C(N)=N/O)c1cccc(Br)c1. The maximum atomic E-state index is 8.38. The summed E-state index contributed by atoms with van der Waals surface area (Å²) in [6.45, 7) is 2.39. The first-order valence-corrected chi connectivity index (χ1v) is 5.38. The summed E-state index contributed by atoms with van der Waals surface area (Å²) >= 11 is 3.41. The Bertz CT molecular complexity index is 354. The second-order valence-corrected chi connectivity index (χ2v) is 4.16. The lowest BCUT2D eigenvalue weighted by Gasteiger charge is -2.13. The molecule has 0 fully saturated rings. The molecule has 1 rings (SSSR count). The van der Waals surface area contributed by atoms with Gasteiger partial charge in [0.15, 0.2) is 5.84 Å². The average molecular weight is 272 g/mol. The summed E-state index contributed by atoms with van der Waals surface area (Å²) in [5.74, 6) is 0.178. The highest BCUT2D eigenvalue weighted by molar-refractivity contribution is 9.10. The monoisotopic (exact) mass is 271 g/mol. The standard InChI is InChI=1S/C10H14BrN3O/c1-7(13-6-10(12)14-15)8-3-2-4-9(11)5-8/h2-5,7,13,15H,6H2,1H3,(H2,12,14)/t7-/m0/s1. The Hall–Kier alpha value is -1.07. The first-order chi connectivity index (χ1) is 7.13. The number of nitrogens with two attached hydrogens (primary N) is 1. The van der Waals surface area contributed by atoms with Crippen LogP contribution in [0.5, 0.6) is 0 Å². The lowest BCUT2D eigenvalue weighted by Crippen LogP contribution is -2.30. The van der Waals surface area contributed by atoms with E-state index in [9.17, 15) is 0 Å². The molecule has 0 aliphatic rings. The van der Waals surface area contributed by atoms with Gasteiger partial charge in [-0.05, 0) is 24.6 Å². The minimum atomic E-state index is 0.155. The van der Waals surface area contributed by atoms with E-state index in [2.05, 4.69) is 26.4 Å². The van der Waals surface area contributed by atoms with Crippen molar-refractivity contribution in [2.24, 2.45) is 10.9 Å². The summed E-state index contributed by atoms with van der Waals surface area (Å²) in [4.78, 5) is 0. The van der Waals surface area contributed by atoms with Crippen molar-refractivity contribution in [1.82, 2.24) is 5.32 Å². The molecule has 0 heterocycles. The molecular weight excluding hydrogens is 258 g/mol. The van der Waals surface area contributed by atoms with Crippen LogP contribution in [0.4, 0.5) is 0 Å². The molecular formula is C10H14BrN3O. The molecule has 0 unspecified atom stereocenters. The van der Waals surface area contributed by atoms with Gasteiger partial charge >= 0.3 is 0 Å². The molecule has 15 heavy (non-hydrogen) atoms. The maximum absolute atomic E-state index is 8.38. The second-order valence-electron chi connectivity index (χ2n) is 3.25. The number of hydrogen-bond donors (Lipinski definition) is 3. The number of nitrogens with one attached hydrogen (secondary N) is 1. The zero-order chi connectivity index (χ0) is 11.3. The van der Waals surface area contributed by atoms with Gasteiger partial charge in [-0.1, -0.05) is 33.2 Å². The van der Waals surface area contributed by atoms with Crippen LogP contribution in [0.15, 0.2) is 33.9 Å². The topological polar surface area (TPSA) is 70.6 Å². The molecule has 0 aliphatic heterocycles. The number of amidine groups is 1. The fourth-order valence-corrected chi connectivity index (χ4v) is 1.60. The van der Waals surface area contributed by atoms with Crippen LogP contribution >= 0.6 is 15.9 Å². The fourth-order valence-electron chi connectivity index (χ4n) is 1.19.